The van der Waals surface area contributed by atoms with Gasteiger partial charge < -0.3 is 14.8 Å². The van der Waals surface area contributed by atoms with E-state index in [9.17, 15) is 4.79 Å². The van der Waals surface area contributed by atoms with Crippen molar-refractivity contribution in [3.05, 3.63) is 41.6 Å². The average Bonchev–Trinajstić information content (AvgIpc) is 3.08. The quantitative estimate of drug-likeness (QED) is 0.659. The lowest BCUT2D eigenvalue weighted by Gasteiger charge is -2.24. The number of hydrogen-bond donors (Lipinski definition) is 1. The van der Waals surface area contributed by atoms with Gasteiger partial charge in [0.05, 0.1) is 18.7 Å². The number of anilines is 2. The Balaban J connectivity index is 1.74. The molecule has 30 heavy (non-hydrogen) atoms. The minimum absolute atomic E-state index is 0.00850. The third-order valence-corrected chi connectivity index (χ3v) is 5.20. The standard InChI is InChI=1S/C23H32N4O3/c1-14(2)12-29-18-7-8-19(16(5)11-18)17(6)25-22-24-10-9-21(26-22)27-20(15(3)4)13-30-23(27)28/h7-11,14-15,17,20H,12-13H2,1-6H3,(H,24,25,26)/t17-,20+/m0/s1. The lowest BCUT2D eigenvalue weighted by molar-refractivity contribution is 0.177. The van der Waals surface area contributed by atoms with Crippen molar-refractivity contribution in [1.82, 2.24) is 9.97 Å². The molecule has 1 aliphatic heterocycles. The molecule has 1 aliphatic rings. The Morgan fingerprint density at radius 1 is 1.23 bits per heavy atom. The SMILES string of the molecule is Cc1cc(OCC(C)C)ccc1[C@H](C)Nc1nccc(N2C(=O)OC[C@@H]2C(C)C)n1. The van der Waals surface area contributed by atoms with E-state index in [2.05, 4.69) is 69.0 Å². The highest BCUT2D eigenvalue weighted by molar-refractivity contribution is 5.89. The van der Waals surface area contributed by atoms with Crippen LogP contribution in [0.5, 0.6) is 5.75 Å². The van der Waals surface area contributed by atoms with Crippen molar-refractivity contribution in [1.29, 1.82) is 0 Å². The zero-order chi connectivity index (χ0) is 21.8. The Morgan fingerprint density at radius 3 is 2.67 bits per heavy atom. The number of carbonyl (C=O) groups excluding carboxylic acids is 1. The Kier molecular flexibility index (Phi) is 6.80. The van der Waals surface area contributed by atoms with Gasteiger partial charge in [0.15, 0.2) is 0 Å². The highest BCUT2D eigenvalue weighted by Crippen LogP contribution is 2.28. The van der Waals surface area contributed by atoms with Gasteiger partial charge in [0.2, 0.25) is 5.95 Å². The monoisotopic (exact) mass is 412 g/mol. The first kappa shape index (κ1) is 21.9. The lowest BCUT2D eigenvalue weighted by Crippen LogP contribution is -2.37. The molecule has 3 rings (SSSR count). The number of nitrogens with zero attached hydrogens (tertiary/aromatic N) is 3. The predicted molar refractivity (Wildman–Crippen MR) is 118 cm³/mol. The van der Waals surface area contributed by atoms with E-state index in [0.29, 0.717) is 30.9 Å². The molecular formula is C23H32N4O3. The summed E-state index contributed by atoms with van der Waals surface area (Å²) in [5.74, 6) is 2.65. The molecule has 162 valence electrons. The molecule has 1 aromatic heterocycles. The van der Waals surface area contributed by atoms with E-state index in [4.69, 9.17) is 9.47 Å². The van der Waals surface area contributed by atoms with Crippen LogP contribution in [0.4, 0.5) is 16.6 Å². The minimum Gasteiger partial charge on any atom is -0.493 e. The minimum atomic E-state index is -0.362. The maximum absolute atomic E-state index is 12.2. The molecule has 2 heterocycles. The first-order valence-electron chi connectivity index (χ1n) is 10.5. The Morgan fingerprint density at radius 2 is 2.00 bits per heavy atom. The molecule has 0 unspecified atom stereocenters. The number of aromatic nitrogens is 2. The van der Waals surface area contributed by atoms with Crippen molar-refractivity contribution >= 4 is 17.9 Å². The highest BCUT2D eigenvalue weighted by Gasteiger charge is 2.37. The molecule has 7 nitrogen and oxygen atoms in total. The summed E-state index contributed by atoms with van der Waals surface area (Å²) in [6, 6.07) is 7.82. The van der Waals surface area contributed by atoms with Crippen LogP contribution < -0.4 is 15.0 Å². The second-order valence-electron chi connectivity index (χ2n) is 8.59. The van der Waals surface area contributed by atoms with Crippen molar-refractivity contribution < 1.29 is 14.3 Å². The summed E-state index contributed by atoms with van der Waals surface area (Å²) in [6.45, 7) is 13.6. The van der Waals surface area contributed by atoms with Gasteiger partial charge in [-0.05, 0) is 55.0 Å². The van der Waals surface area contributed by atoms with Crippen LogP contribution in [-0.2, 0) is 4.74 Å². The fraction of sp³-hybridized carbons (Fsp3) is 0.522. The fourth-order valence-corrected chi connectivity index (χ4v) is 3.50. The molecule has 0 bridgehead atoms. The van der Waals surface area contributed by atoms with Crippen molar-refractivity contribution in [2.24, 2.45) is 11.8 Å². The molecule has 1 amide bonds. The number of rotatable bonds is 8. The Hall–Kier alpha value is -2.83. The fourth-order valence-electron chi connectivity index (χ4n) is 3.50. The van der Waals surface area contributed by atoms with Gasteiger partial charge >= 0.3 is 6.09 Å². The van der Waals surface area contributed by atoms with Gasteiger partial charge in [-0.25, -0.2) is 9.78 Å². The smallest absolute Gasteiger partial charge is 0.415 e. The first-order valence-corrected chi connectivity index (χ1v) is 10.5. The van der Waals surface area contributed by atoms with Gasteiger partial charge in [-0.3, -0.25) is 4.90 Å². The summed E-state index contributed by atoms with van der Waals surface area (Å²) in [5, 5.41) is 3.35. The third-order valence-electron chi connectivity index (χ3n) is 5.20. The third kappa shape index (κ3) is 5.01. The van der Waals surface area contributed by atoms with Crippen molar-refractivity contribution in [3.8, 4) is 5.75 Å². The van der Waals surface area contributed by atoms with Crippen LogP contribution in [0.25, 0.3) is 0 Å². The second-order valence-corrected chi connectivity index (χ2v) is 8.59. The van der Waals surface area contributed by atoms with Crippen LogP contribution in [-0.4, -0.2) is 35.3 Å². The zero-order valence-electron chi connectivity index (χ0n) is 18.7. The number of aryl methyl sites for hydroxylation is 1. The number of amides is 1. The maximum atomic E-state index is 12.2. The zero-order valence-corrected chi connectivity index (χ0v) is 18.7. The number of hydrogen-bond acceptors (Lipinski definition) is 6. The molecule has 0 aliphatic carbocycles. The van der Waals surface area contributed by atoms with Crippen molar-refractivity contribution in [3.63, 3.8) is 0 Å². The Labute approximate surface area is 178 Å². The molecule has 1 saturated heterocycles. The van der Waals surface area contributed by atoms with Gasteiger partial charge in [-0.1, -0.05) is 33.8 Å². The summed E-state index contributed by atoms with van der Waals surface area (Å²) >= 11 is 0. The van der Waals surface area contributed by atoms with E-state index in [1.54, 1.807) is 17.2 Å². The molecule has 2 atom stereocenters. The van der Waals surface area contributed by atoms with Crippen LogP contribution in [0.15, 0.2) is 30.5 Å². The summed E-state index contributed by atoms with van der Waals surface area (Å²) in [5.41, 5.74) is 2.27. The molecule has 0 spiro atoms. The summed E-state index contributed by atoms with van der Waals surface area (Å²) in [4.78, 5) is 22.8. The summed E-state index contributed by atoms with van der Waals surface area (Å²) in [7, 11) is 0. The van der Waals surface area contributed by atoms with Crippen LogP contribution in [0.3, 0.4) is 0 Å². The van der Waals surface area contributed by atoms with Gasteiger partial charge in [0.1, 0.15) is 18.2 Å². The van der Waals surface area contributed by atoms with Crippen molar-refractivity contribution in [2.45, 2.75) is 53.6 Å². The molecule has 1 N–H and O–H groups in total. The largest absolute Gasteiger partial charge is 0.493 e. The Bertz CT molecular complexity index is 885. The van der Waals surface area contributed by atoms with Gasteiger partial charge in [-0.15, -0.1) is 0 Å². The highest BCUT2D eigenvalue weighted by atomic mass is 16.6. The molecule has 0 radical (unpaired) electrons. The number of carbonyl (C=O) groups is 1. The molecule has 2 aromatic rings. The number of nitrogens with one attached hydrogen (secondary N) is 1. The van der Waals surface area contributed by atoms with E-state index in [-0.39, 0.29) is 24.1 Å². The first-order chi connectivity index (χ1) is 14.3. The van der Waals surface area contributed by atoms with Crippen LogP contribution in [0.1, 0.15) is 51.8 Å². The van der Waals surface area contributed by atoms with E-state index in [1.165, 1.54) is 0 Å². The average molecular weight is 413 g/mol. The summed E-state index contributed by atoms with van der Waals surface area (Å²) in [6.07, 6.45) is 1.30. The van der Waals surface area contributed by atoms with Gasteiger partial charge in [-0.2, -0.15) is 4.98 Å². The molecular weight excluding hydrogens is 380 g/mol. The van der Waals surface area contributed by atoms with Gasteiger partial charge in [0.25, 0.3) is 0 Å². The molecule has 0 saturated carbocycles. The van der Waals surface area contributed by atoms with E-state index >= 15 is 0 Å². The molecule has 1 fully saturated rings. The molecule has 7 heteroatoms. The normalized spacial score (nSPS) is 17.4. The van der Waals surface area contributed by atoms with Crippen molar-refractivity contribution in [2.75, 3.05) is 23.4 Å². The van der Waals surface area contributed by atoms with Gasteiger partial charge in [0, 0.05) is 6.20 Å². The lowest BCUT2D eigenvalue weighted by atomic mass is 10.0. The van der Waals surface area contributed by atoms with E-state index in [1.807, 2.05) is 6.07 Å². The van der Waals surface area contributed by atoms with Crippen LogP contribution >= 0.6 is 0 Å². The van der Waals surface area contributed by atoms with E-state index in [0.717, 1.165) is 16.9 Å². The molecule has 1 aromatic carbocycles. The maximum Gasteiger partial charge on any atom is 0.415 e. The number of ether oxygens (including phenoxy) is 2. The van der Waals surface area contributed by atoms with Crippen LogP contribution in [0, 0.1) is 18.8 Å². The summed E-state index contributed by atoms with van der Waals surface area (Å²) < 4.78 is 11.1. The van der Waals surface area contributed by atoms with Crippen LogP contribution in [0.2, 0.25) is 0 Å². The number of benzene rings is 1. The number of cyclic esters (lactones) is 1. The second kappa shape index (κ2) is 9.32. The van der Waals surface area contributed by atoms with E-state index < -0.39 is 0 Å². The topological polar surface area (TPSA) is 76.6 Å². The predicted octanol–water partition coefficient (Wildman–Crippen LogP) is 4.97.